The Morgan fingerprint density at radius 2 is 1.58 bits per heavy atom. The Labute approximate surface area is 216 Å². The molecule has 1 fully saturated rings. The fourth-order valence-electron chi connectivity index (χ4n) is 4.62. The van der Waals surface area contributed by atoms with E-state index in [1.54, 1.807) is 4.90 Å². The molecule has 6 heteroatoms. The van der Waals surface area contributed by atoms with E-state index in [2.05, 4.69) is 17.1 Å². The molecule has 1 atom stereocenters. The number of aromatic amines is 1. The number of H-pyrrole nitrogens is 1. The van der Waals surface area contributed by atoms with Gasteiger partial charge in [-0.1, -0.05) is 78.9 Å². The van der Waals surface area contributed by atoms with Crippen molar-refractivity contribution < 1.29 is 9.59 Å². The van der Waals surface area contributed by atoms with Crippen molar-refractivity contribution in [1.29, 1.82) is 0 Å². The minimum atomic E-state index is -0.798. The van der Waals surface area contributed by atoms with Crippen molar-refractivity contribution >= 4 is 34.3 Å². The standard InChI is InChI=1S/C30H30ClN3O2/c31-29(23-11-5-2-6-12-23)30(36)34(25-15-16-25)21-28(35)33(20-22-9-3-1-4-10-22)18-17-24-19-32-27-14-8-7-13-26(24)27/h1-14,19,25,29,32H,15-18,20-21H2. The zero-order valence-corrected chi connectivity index (χ0v) is 20.9. The number of aromatic nitrogens is 1. The third-order valence-corrected chi connectivity index (χ3v) is 7.22. The highest BCUT2D eigenvalue weighted by molar-refractivity contribution is 6.30. The normalized spacial score (nSPS) is 13.9. The maximum Gasteiger partial charge on any atom is 0.245 e. The molecule has 1 N–H and O–H groups in total. The summed E-state index contributed by atoms with van der Waals surface area (Å²) >= 11 is 6.58. The first-order valence-corrected chi connectivity index (χ1v) is 12.9. The molecule has 5 nitrogen and oxygen atoms in total. The van der Waals surface area contributed by atoms with Crippen LogP contribution in [0.2, 0.25) is 0 Å². The number of rotatable bonds is 10. The van der Waals surface area contributed by atoms with Crippen LogP contribution in [0.5, 0.6) is 0 Å². The molecule has 1 heterocycles. The van der Waals surface area contributed by atoms with Crippen LogP contribution in [0.4, 0.5) is 0 Å². The molecule has 1 aliphatic carbocycles. The summed E-state index contributed by atoms with van der Waals surface area (Å²) in [4.78, 5) is 33.9. The van der Waals surface area contributed by atoms with E-state index in [0.717, 1.165) is 35.9 Å². The average molecular weight is 500 g/mol. The van der Waals surface area contributed by atoms with Crippen LogP contribution in [0.15, 0.2) is 91.1 Å². The van der Waals surface area contributed by atoms with Crippen molar-refractivity contribution in [2.24, 2.45) is 0 Å². The van der Waals surface area contributed by atoms with Crippen LogP contribution in [0, 0.1) is 0 Å². The van der Waals surface area contributed by atoms with Crippen LogP contribution in [0.25, 0.3) is 10.9 Å². The summed E-state index contributed by atoms with van der Waals surface area (Å²) in [6.45, 7) is 1.10. The van der Waals surface area contributed by atoms with E-state index >= 15 is 0 Å². The van der Waals surface area contributed by atoms with Gasteiger partial charge in [-0.25, -0.2) is 0 Å². The monoisotopic (exact) mass is 499 g/mol. The van der Waals surface area contributed by atoms with Crippen molar-refractivity contribution in [1.82, 2.24) is 14.8 Å². The molecule has 1 unspecified atom stereocenters. The second-order valence-electron chi connectivity index (χ2n) is 9.38. The van der Waals surface area contributed by atoms with E-state index in [9.17, 15) is 9.59 Å². The van der Waals surface area contributed by atoms with E-state index in [-0.39, 0.29) is 24.4 Å². The van der Waals surface area contributed by atoms with Crippen LogP contribution in [0.1, 0.15) is 34.9 Å². The van der Waals surface area contributed by atoms with Gasteiger partial charge in [0.05, 0.1) is 0 Å². The minimum Gasteiger partial charge on any atom is -0.361 e. The van der Waals surface area contributed by atoms with Crippen LogP contribution in [0.3, 0.4) is 0 Å². The third-order valence-electron chi connectivity index (χ3n) is 6.78. The smallest absolute Gasteiger partial charge is 0.245 e. The second-order valence-corrected chi connectivity index (χ2v) is 9.82. The van der Waals surface area contributed by atoms with Crippen LogP contribution in [-0.4, -0.2) is 45.7 Å². The minimum absolute atomic E-state index is 0.0419. The van der Waals surface area contributed by atoms with E-state index < -0.39 is 5.38 Å². The molecule has 0 saturated heterocycles. The Bertz CT molecular complexity index is 1320. The van der Waals surface area contributed by atoms with E-state index in [0.29, 0.717) is 13.1 Å². The van der Waals surface area contributed by atoms with Crippen molar-refractivity contribution in [3.05, 3.63) is 108 Å². The van der Waals surface area contributed by atoms with Gasteiger partial charge in [0.1, 0.15) is 11.9 Å². The fraction of sp³-hybridized carbons (Fsp3) is 0.267. The van der Waals surface area contributed by atoms with Gasteiger partial charge in [-0.2, -0.15) is 0 Å². The number of para-hydroxylation sites is 1. The summed E-state index contributed by atoms with van der Waals surface area (Å²) < 4.78 is 0. The molecule has 2 amide bonds. The number of fused-ring (bicyclic) bond motifs is 1. The van der Waals surface area contributed by atoms with Gasteiger partial charge < -0.3 is 14.8 Å². The SMILES string of the molecule is O=C(CN(C(=O)C(Cl)c1ccccc1)C1CC1)N(CCc1c[nH]c2ccccc12)Cc1ccccc1. The van der Waals surface area contributed by atoms with Crippen LogP contribution in [-0.2, 0) is 22.6 Å². The Hall–Kier alpha value is -3.57. The topological polar surface area (TPSA) is 56.4 Å². The predicted molar refractivity (Wildman–Crippen MR) is 144 cm³/mol. The molecule has 1 aromatic heterocycles. The number of nitrogens with one attached hydrogen (secondary N) is 1. The molecule has 36 heavy (non-hydrogen) atoms. The number of benzene rings is 3. The van der Waals surface area contributed by atoms with Crippen molar-refractivity contribution in [2.45, 2.75) is 37.2 Å². The highest BCUT2D eigenvalue weighted by Gasteiger charge is 2.37. The maximum atomic E-state index is 13.7. The van der Waals surface area contributed by atoms with Crippen molar-refractivity contribution in [3.8, 4) is 0 Å². The second kappa shape index (κ2) is 11.0. The van der Waals surface area contributed by atoms with Gasteiger partial charge >= 0.3 is 0 Å². The Morgan fingerprint density at radius 1 is 0.917 bits per heavy atom. The van der Waals surface area contributed by atoms with Crippen molar-refractivity contribution in [2.75, 3.05) is 13.1 Å². The summed E-state index contributed by atoms with van der Waals surface area (Å²) in [7, 11) is 0. The van der Waals surface area contributed by atoms with Gasteiger partial charge in [-0.3, -0.25) is 9.59 Å². The van der Waals surface area contributed by atoms with Gasteiger partial charge in [0, 0.05) is 36.2 Å². The highest BCUT2D eigenvalue weighted by atomic mass is 35.5. The van der Waals surface area contributed by atoms with Gasteiger partial charge in [0.15, 0.2) is 0 Å². The molecule has 0 spiro atoms. The number of carbonyl (C=O) groups excluding carboxylic acids is 2. The Kier molecular flexibility index (Phi) is 7.38. The number of hydrogen-bond acceptors (Lipinski definition) is 2. The van der Waals surface area contributed by atoms with Gasteiger partial charge in [-0.05, 0) is 42.0 Å². The Balaban J connectivity index is 1.33. The largest absolute Gasteiger partial charge is 0.361 e. The lowest BCUT2D eigenvalue weighted by Gasteiger charge is -2.29. The van der Waals surface area contributed by atoms with E-state index in [4.69, 9.17) is 11.6 Å². The van der Waals surface area contributed by atoms with Crippen LogP contribution >= 0.6 is 11.6 Å². The maximum absolute atomic E-state index is 13.7. The average Bonchev–Trinajstić information content (AvgIpc) is 3.69. The number of carbonyl (C=O) groups is 2. The van der Waals surface area contributed by atoms with E-state index in [1.165, 1.54) is 10.9 Å². The molecule has 1 saturated carbocycles. The molecule has 184 valence electrons. The lowest BCUT2D eigenvalue weighted by molar-refractivity contribution is -0.141. The summed E-state index contributed by atoms with van der Waals surface area (Å²) in [5, 5.41) is 0.376. The summed E-state index contributed by atoms with van der Waals surface area (Å²) in [6.07, 6.45) is 4.56. The van der Waals surface area contributed by atoms with Gasteiger partial charge in [0.25, 0.3) is 0 Å². The van der Waals surface area contributed by atoms with Gasteiger partial charge in [0.2, 0.25) is 11.8 Å². The predicted octanol–water partition coefficient (Wildman–Crippen LogP) is 5.71. The summed E-state index contributed by atoms with van der Waals surface area (Å²) in [5.41, 5.74) is 4.08. The molecule has 5 rings (SSSR count). The number of hydrogen-bond donors (Lipinski definition) is 1. The zero-order chi connectivity index (χ0) is 24.9. The summed E-state index contributed by atoms with van der Waals surface area (Å²) in [6, 6.07) is 27.6. The molecule has 0 bridgehead atoms. The van der Waals surface area contributed by atoms with Crippen molar-refractivity contribution in [3.63, 3.8) is 0 Å². The first kappa shape index (κ1) is 24.1. The van der Waals surface area contributed by atoms with Crippen LogP contribution < -0.4 is 0 Å². The van der Waals surface area contributed by atoms with E-state index in [1.807, 2.05) is 83.9 Å². The molecular formula is C30H30ClN3O2. The zero-order valence-electron chi connectivity index (χ0n) is 20.1. The van der Waals surface area contributed by atoms with Gasteiger partial charge in [-0.15, -0.1) is 11.6 Å². The molecular weight excluding hydrogens is 470 g/mol. The number of alkyl halides is 1. The number of amides is 2. The Morgan fingerprint density at radius 3 is 2.31 bits per heavy atom. The lowest BCUT2D eigenvalue weighted by Crippen LogP contribution is -2.45. The molecule has 0 aliphatic heterocycles. The quantitative estimate of drug-likeness (QED) is 0.284. The summed E-state index contributed by atoms with van der Waals surface area (Å²) in [5.74, 6) is -0.258. The third kappa shape index (κ3) is 5.63. The first-order valence-electron chi connectivity index (χ1n) is 12.5. The number of halogens is 1. The highest BCUT2D eigenvalue weighted by Crippen LogP contribution is 2.32. The molecule has 3 aromatic carbocycles. The lowest BCUT2D eigenvalue weighted by atomic mass is 10.1. The molecule has 0 radical (unpaired) electrons. The molecule has 1 aliphatic rings. The number of nitrogens with zero attached hydrogens (tertiary/aromatic N) is 2. The molecule has 4 aromatic rings. The fourth-order valence-corrected chi connectivity index (χ4v) is 4.89. The first-order chi connectivity index (χ1) is 17.6.